The number of carbonyl (C=O) groups is 1. The second-order valence-electron chi connectivity index (χ2n) is 7.00. The van der Waals surface area contributed by atoms with E-state index < -0.39 is 0 Å². The lowest BCUT2D eigenvalue weighted by Gasteiger charge is -2.32. The molecule has 1 aromatic carbocycles. The zero-order valence-corrected chi connectivity index (χ0v) is 17.2. The van der Waals surface area contributed by atoms with E-state index in [1.807, 2.05) is 29.8 Å². The second kappa shape index (κ2) is 7.57. The molecule has 0 aliphatic carbocycles. The van der Waals surface area contributed by atoms with E-state index in [1.54, 1.807) is 29.4 Å². The van der Waals surface area contributed by atoms with Crippen LogP contribution in [0.3, 0.4) is 0 Å². The van der Waals surface area contributed by atoms with E-state index in [4.69, 9.17) is 23.2 Å². The molecule has 0 N–H and O–H groups in total. The first-order chi connectivity index (χ1) is 13.5. The van der Waals surface area contributed by atoms with E-state index in [2.05, 4.69) is 17.0 Å². The quantitative estimate of drug-likeness (QED) is 0.571. The Balaban J connectivity index is 1.78. The van der Waals surface area contributed by atoms with Crippen molar-refractivity contribution in [2.24, 2.45) is 0 Å². The number of anilines is 1. The van der Waals surface area contributed by atoms with Crippen molar-refractivity contribution in [2.75, 3.05) is 11.4 Å². The lowest BCUT2D eigenvalue weighted by molar-refractivity contribution is 0.0954. The van der Waals surface area contributed by atoms with Crippen LogP contribution in [0.1, 0.15) is 42.5 Å². The molecule has 1 amide bonds. The lowest BCUT2D eigenvalue weighted by atomic mass is 10.0. The van der Waals surface area contributed by atoms with Crippen LogP contribution in [0, 0.1) is 0 Å². The molecule has 1 aliphatic rings. The molecule has 2 aromatic heterocycles. The summed E-state index contributed by atoms with van der Waals surface area (Å²) in [6, 6.07) is 9.25. The topological polar surface area (TPSA) is 51.0 Å². The Morgan fingerprint density at radius 1 is 1.18 bits per heavy atom. The van der Waals surface area contributed by atoms with Gasteiger partial charge in [0.2, 0.25) is 0 Å². The van der Waals surface area contributed by atoms with Gasteiger partial charge in [0.05, 0.1) is 22.3 Å². The lowest BCUT2D eigenvalue weighted by Crippen LogP contribution is -2.42. The minimum atomic E-state index is -0.0992. The molecule has 0 fully saturated rings. The number of aryl methyl sites for hydroxylation is 1. The van der Waals surface area contributed by atoms with Crippen LogP contribution in [0.15, 0.2) is 42.7 Å². The highest BCUT2D eigenvalue weighted by atomic mass is 35.5. The number of fused-ring (bicyclic) bond motifs is 1. The van der Waals surface area contributed by atoms with Gasteiger partial charge in [0.1, 0.15) is 5.69 Å². The zero-order chi connectivity index (χ0) is 19.8. The minimum Gasteiger partial charge on any atom is -0.305 e. The van der Waals surface area contributed by atoms with Gasteiger partial charge in [-0.2, -0.15) is 5.10 Å². The maximum Gasteiger partial charge on any atom is 0.277 e. The highest BCUT2D eigenvalue weighted by Crippen LogP contribution is 2.34. The molecular formula is C21H20Cl2N4O. The van der Waals surface area contributed by atoms with E-state index in [0.29, 0.717) is 22.3 Å². The highest BCUT2D eigenvalue weighted by molar-refractivity contribution is 6.42. The number of carbonyl (C=O) groups excluding carboxylic acids is 1. The fourth-order valence-electron chi connectivity index (χ4n) is 3.59. The Morgan fingerprint density at radius 2 is 2.00 bits per heavy atom. The molecule has 0 bridgehead atoms. The summed E-state index contributed by atoms with van der Waals surface area (Å²) >= 11 is 12.2. The van der Waals surface area contributed by atoms with E-state index >= 15 is 0 Å². The van der Waals surface area contributed by atoms with Crippen LogP contribution in [0.25, 0.3) is 11.1 Å². The summed E-state index contributed by atoms with van der Waals surface area (Å²) in [6.07, 6.45) is 5.48. The molecule has 1 aliphatic heterocycles. The van der Waals surface area contributed by atoms with Crippen molar-refractivity contribution in [1.82, 2.24) is 14.8 Å². The second-order valence-corrected chi connectivity index (χ2v) is 7.81. The largest absolute Gasteiger partial charge is 0.305 e. The molecule has 0 saturated carbocycles. The van der Waals surface area contributed by atoms with Gasteiger partial charge in [0.15, 0.2) is 0 Å². The molecule has 7 heteroatoms. The van der Waals surface area contributed by atoms with Gasteiger partial charge < -0.3 is 4.90 Å². The monoisotopic (exact) mass is 414 g/mol. The summed E-state index contributed by atoms with van der Waals surface area (Å²) in [5, 5.41) is 5.40. The predicted octanol–water partition coefficient (Wildman–Crippen LogP) is 5.43. The van der Waals surface area contributed by atoms with Crippen molar-refractivity contribution in [3.8, 4) is 11.1 Å². The molecule has 0 saturated heterocycles. The number of aromatic nitrogens is 3. The first-order valence-corrected chi connectivity index (χ1v) is 10.0. The van der Waals surface area contributed by atoms with Gasteiger partial charge in [-0.15, -0.1) is 0 Å². The van der Waals surface area contributed by atoms with Gasteiger partial charge in [0.25, 0.3) is 5.91 Å². The average molecular weight is 415 g/mol. The molecule has 0 spiro atoms. The Bertz CT molecular complexity index is 1050. The van der Waals surface area contributed by atoms with Gasteiger partial charge in [-0.1, -0.05) is 36.5 Å². The number of hydrogen-bond acceptors (Lipinski definition) is 3. The highest BCUT2D eigenvalue weighted by Gasteiger charge is 2.33. The Morgan fingerprint density at radius 3 is 2.75 bits per heavy atom. The Labute approximate surface area is 173 Å². The number of pyridine rings is 1. The van der Waals surface area contributed by atoms with E-state index in [9.17, 15) is 4.79 Å². The van der Waals surface area contributed by atoms with Crippen molar-refractivity contribution in [1.29, 1.82) is 0 Å². The summed E-state index contributed by atoms with van der Waals surface area (Å²) in [5.41, 5.74) is 4.10. The van der Waals surface area contributed by atoms with Crippen LogP contribution in [0.2, 0.25) is 10.0 Å². The molecular weight excluding hydrogens is 395 g/mol. The molecule has 28 heavy (non-hydrogen) atoms. The zero-order valence-electron chi connectivity index (χ0n) is 15.7. The number of amides is 1. The number of benzene rings is 1. The SMILES string of the molecule is CCCc1cc(-c2cnn3c2C(=O)N(c2ccc(Cl)c(Cl)c2)C[C@@H]3C)ccn1. The predicted molar refractivity (Wildman–Crippen MR) is 112 cm³/mol. The normalized spacial score (nSPS) is 16.4. The molecule has 5 nitrogen and oxygen atoms in total. The number of halogens is 2. The number of nitrogens with zero attached hydrogens (tertiary/aromatic N) is 4. The van der Waals surface area contributed by atoms with Crippen molar-refractivity contribution >= 4 is 34.8 Å². The van der Waals surface area contributed by atoms with E-state index in [-0.39, 0.29) is 11.9 Å². The molecule has 144 valence electrons. The number of hydrogen-bond donors (Lipinski definition) is 0. The van der Waals surface area contributed by atoms with Gasteiger partial charge in [-0.25, -0.2) is 0 Å². The third-order valence-corrected chi connectivity index (χ3v) is 5.70. The third kappa shape index (κ3) is 3.29. The first kappa shape index (κ1) is 19.0. The van der Waals surface area contributed by atoms with Crippen molar-refractivity contribution in [3.05, 3.63) is 64.2 Å². The summed E-state index contributed by atoms with van der Waals surface area (Å²) in [4.78, 5) is 19.6. The summed E-state index contributed by atoms with van der Waals surface area (Å²) in [7, 11) is 0. The van der Waals surface area contributed by atoms with Crippen LogP contribution >= 0.6 is 23.2 Å². The molecule has 0 radical (unpaired) electrons. The molecule has 3 aromatic rings. The number of rotatable bonds is 4. The van der Waals surface area contributed by atoms with E-state index in [0.717, 1.165) is 35.3 Å². The van der Waals surface area contributed by atoms with Crippen molar-refractivity contribution < 1.29 is 4.79 Å². The first-order valence-electron chi connectivity index (χ1n) is 9.29. The fraction of sp³-hybridized carbons (Fsp3) is 0.286. The van der Waals surface area contributed by atoms with Crippen molar-refractivity contribution in [2.45, 2.75) is 32.7 Å². The minimum absolute atomic E-state index is 0.0350. The van der Waals surface area contributed by atoms with Crippen LogP contribution in [-0.4, -0.2) is 27.2 Å². The Kier molecular flexibility index (Phi) is 5.13. The van der Waals surface area contributed by atoms with Gasteiger partial charge in [-0.3, -0.25) is 14.5 Å². The van der Waals surface area contributed by atoms with Gasteiger partial charge in [-0.05, 0) is 49.2 Å². The van der Waals surface area contributed by atoms with Crippen LogP contribution < -0.4 is 4.90 Å². The summed E-state index contributed by atoms with van der Waals surface area (Å²) in [6.45, 7) is 4.69. The summed E-state index contributed by atoms with van der Waals surface area (Å²) in [5.74, 6) is -0.0992. The smallest absolute Gasteiger partial charge is 0.277 e. The Hall–Kier alpha value is -2.37. The fourth-order valence-corrected chi connectivity index (χ4v) is 3.88. The van der Waals surface area contributed by atoms with Crippen LogP contribution in [0.5, 0.6) is 0 Å². The average Bonchev–Trinajstić information content (AvgIpc) is 3.14. The maximum absolute atomic E-state index is 13.4. The molecule has 0 unspecified atom stereocenters. The molecule has 3 heterocycles. The van der Waals surface area contributed by atoms with Gasteiger partial charge in [0, 0.05) is 29.7 Å². The molecule has 4 rings (SSSR count). The van der Waals surface area contributed by atoms with Crippen molar-refractivity contribution in [3.63, 3.8) is 0 Å². The standard InChI is InChI=1S/C21H20Cl2N4O/c1-3-4-15-9-14(7-8-24-15)17-11-25-27-13(2)12-26(21(28)20(17)27)16-5-6-18(22)19(23)10-16/h5-11,13H,3-4,12H2,1-2H3/t13-/m0/s1. The third-order valence-electron chi connectivity index (χ3n) is 4.96. The maximum atomic E-state index is 13.4. The van der Waals surface area contributed by atoms with E-state index in [1.165, 1.54) is 0 Å². The van der Waals surface area contributed by atoms with Gasteiger partial charge >= 0.3 is 0 Å². The van der Waals surface area contributed by atoms with Crippen LogP contribution in [-0.2, 0) is 6.42 Å². The van der Waals surface area contributed by atoms with Crippen LogP contribution in [0.4, 0.5) is 5.69 Å². The summed E-state index contributed by atoms with van der Waals surface area (Å²) < 4.78 is 1.81. The molecule has 1 atom stereocenters.